The number of hydrogen-bond donors (Lipinski definition) is 1. The van der Waals surface area contributed by atoms with Crippen LogP contribution in [0.5, 0.6) is 5.75 Å². The van der Waals surface area contributed by atoms with Gasteiger partial charge in [-0.3, -0.25) is 0 Å². The number of phenolic OH excluding ortho intramolecular Hbond substituents is 1. The molecule has 0 fully saturated rings. The van der Waals surface area contributed by atoms with Crippen molar-refractivity contribution in [3.63, 3.8) is 0 Å². The minimum Gasteiger partial charge on any atom is -0.508 e. The Labute approximate surface area is 96.3 Å². The number of rotatable bonds is 2. The van der Waals surface area contributed by atoms with Crippen LogP contribution in [0, 0.1) is 0 Å². The second-order valence-corrected chi connectivity index (χ2v) is 3.45. The van der Waals surface area contributed by atoms with Gasteiger partial charge in [-0.15, -0.1) is 0 Å². The number of hydrogen-bond acceptors (Lipinski definition) is 5. The first kappa shape index (κ1) is 9.65. The lowest BCUT2D eigenvalue weighted by atomic mass is 10.2. The zero-order valence-corrected chi connectivity index (χ0v) is 8.70. The Balaban J connectivity index is 2.01. The SMILES string of the molecule is Oc1cccc(-c2noc(-c3ccco3)n2)c1. The Morgan fingerprint density at radius 1 is 1.12 bits per heavy atom. The van der Waals surface area contributed by atoms with Gasteiger partial charge in [-0.25, -0.2) is 0 Å². The van der Waals surface area contributed by atoms with E-state index < -0.39 is 0 Å². The fourth-order valence-corrected chi connectivity index (χ4v) is 1.49. The van der Waals surface area contributed by atoms with E-state index in [2.05, 4.69) is 10.1 Å². The lowest BCUT2D eigenvalue weighted by molar-refractivity contribution is 0.417. The molecule has 0 aliphatic carbocycles. The van der Waals surface area contributed by atoms with E-state index in [9.17, 15) is 5.11 Å². The molecule has 2 aromatic heterocycles. The van der Waals surface area contributed by atoms with Gasteiger partial charge in [-0.1, -0.05) is 17.3 Å². The van der Waals surface area contributed by atoms with Crippen molar-refractivity contribution in [2.24, 2.45) is 0 Å². The van der Waals surface area contributed by atoms with Crippen LogP contribution in [0.25, 0.3) is 23.0 Å². The minimum absolute atomic E-state index is 0.159. The van der Waals surface area contributed by atoms with Crippen LogP contribution < -0.4 is 0 Å². The van der Waals surface area contributed by atoms with E-state index >= 15 is 0 Å². The molecule has 84 valence electrons. The van der Waals surface area contributed by atoms with Gasteiger partial charge in [0.1, 0.15) is 5.75 Å². The summed E-state index contributed by atoms with van der Waals surface area (Å²) in [6, 6.07) is 10.1. The lowest BCUT2D eigenvalue weighted by Crippen LogP contribution is -1.80. The molecule has 0 radical (unpaired) electrons. The van der Waals surface area contributed by atoms with E-state index in [1.165, 1.54) is 6.26 Å². The molecule has 0 unspecified atom stereocenters. The highest BCUT2D eigenvalue weighted by Crippen LogP contribution is 2.24. The van der Waals surface area contributed by atoms with Crippen LogP contribution in [0.2, 0.25) is 0 Å². The maximum atomic E-state index is 9.36. The molecule has 0 amide bonds. The van der Waals surface area contributed by atoms with Crippen molar-refractivity contribution in [1.29, 1.82) is 0 Å². The second-order valence-electron chi connectivity index (χ2n) is 3.45. The van der Waals surface area contributed by atoms with Crippen LogP contribution in [0.3, 0.4) is 0 Å². The summed E-state index contributed by atoms with van der Waals surface area (Å²) < 4.78 is 10.2. The Morgan fingerprint density at radius 3 is 2.82 bits per heavy atom. The number of benzene rings is 1. The number of phenols is 1. The molecule has 0 aliphatic rings. The molecule has 5 heteroatoms. The molecule has 2 heterocycles. The molecule has 5 nitrogen and oxygen atoms in total. The van der Waals surface area contributed by atoms with Crippen molar-refractivity contribution in [2.45, 2.75) is 0 Å². The Morgan fingerprint density at radius 2 is 2.06 bits per heavy atom. The molecule has 0 saturated heterocycles. The van der Waals surface area contributed by atoms with Crippen molar-refractivity contribution in [3.05, 3.63) is 42.7 Å². The third-order valence-corrected chi connectivity index (χ3v) is 2.26. The van der Waals surface area contributed by atoms with E-state index in [0.29, 0.717) is 23.0 Å². The van der Waals surface area contributed by atoms with Crippen LogP contribution in [0.15, 0.2) is 51.6 Å². The number of aromatic nitrogens is 2. The van der Waals surface area contributed by atoms with Gasteiger partial charge in [0, 0.05) is 5.56 Å². The molecule has 0 spiro atoms. The number of furan rings is 1. The largest absolute Gasteiger partial charge is 0.508 e. The first-order valence-corrected chi connectivity index (χ1v) is 5.00. The van der Waals surface area contributed by atoms with Gasteiger partial charge in [0.25, 0.3) is 5.89 Å². The van der Waals surface area contributed by atoms with Crippen molar-refractivity contribution in [3.8, 4) is 28.8 Å². The molecular weight excluding hydrogens is 220 g/mol. The normalized spacial score (nSPS) is 10.6. The summed E-state index contributed by atoms with van der Waals surface area (Å²) >= 11 is 0. The molecular formula is C12H8N2O3. The molecule has 3 rings (SSSR count). The van der Waals surface area contributed by atoms with E-state index in [-0.39, 0.29) is 5.75 Å². The predicted octanol–water partition coefficient (Wildman–Crippen LogP) is 2.70. The summed E-state index contributed by atoms with van der Waals surface area (Å²) in [6.45, 7) is 0. The van der Waals surface area contributed by atoms with E-state index in [0.717, 1.165) is 0 Å². The maximum Gasteiger partial charge on any atom is 0.293 e. The summed E-state index contributed by atoms with van der Waals surface area (Å²) in [5.74, 6) is 1.40. The zero-order valence-electron chi connectivity index (χ0n) is 8.70. The lowest BCUT2D eigenvalue weighted by Gasteiger charge is -1.94. The molecule has 1 aromatic carbocycles. The van der Waals surface area contributed by atoms with Gasteiger partial charge < -0.3 is 14.0 Å². The molecule has 0 aliphatic heterocycles. The first-order valence-electron chi connectivity index (χ1n) is 5.00. The summed E-state index contributed by atoms with van der Waals surface area (Å²) in [5.41, 5.74) is 0.687. The fraction of sp³-hybridized carbons (Fsp3) is 0. The van der Waals surface area contributed by atoms with Crippen molar-refractivity contribution >= 4 is 0 Å². The minimum atomic E-state index is 0.159. The fourth-order valence-electron chi connectivity index (χ4n) is 1.49. The summed E-state index contributed by atoms with van der Waals surface area (Å²) in [5, 5.41) is 13.2. The quantitative estimate of drug-likeness (QED) is 0.730. The van der Waals surface area contributed by atoms with Gasteiger partial charge in [0.15, 0.2) is 5.76 Å². The third kappa shape index (κ3) is 1.78. The summed E-state index contributed by atoms with van der Waals surface area (Å²) in [6.07, 6.45) is 1.54. The molecule has 0 saturated carbocycles. The molecule has 3 aromatic rings. The highest BCUT2D eigenvalue weighted by molar-refractivity contribution is 5.59. The Hall–Kier alpha value is -2.56. The zero-order chi connectivity index (χ0) is 11.7. The average Bonchev–Trinajstić information content (AvgIpc) is 3.00. The highest BCUT2D eigenvalue weighted by atomic mass is 16.5. The van der Waals surface area contributed by atoms with E-state index in [4.69, 9.17) is 8.94 Å². The van der Waals surface area contributed by atoms with Crippen LogP contribution in [0.4, 0.5) is 0 Å². The first-order chi connectivity index (χ1) is 8.33. The average molecular weight is 228 g/mol. The number of nitrogens with zero attached hydrogens (tertiary/aromatic N) is 2. The van der Waals surface area contributed by atoms with Gasteiger partial charge in [0.2, 0.25) is 5.82 Å². The second kappa shape index (κ2) is 3.79. The van der Waals surface area contributed by atoms with Crippen LogP contribution in [-0.2, 0) is 0 Å². The van der Waals surface area contributed by atoms with Crippen molar-refractivity contribution < 1.29 is 14.0 Å². The predicted molar refractivity (Wildman–Crippen MR) is 59.1 cm³/mol. The standard InChI is InChI=1S/C12H8N2O3/c15-9-4-1-3-8(7-9)11-13-12(17-14-11)10-5-2-6-16-10/h1-7,15H. The summed E-state index contributed by atoms with van der Waals surface area (Å²) in [7, 11) is 0. The van der Waals surface area contributed by atoms with E-state index in [1.807, 2.05) is 0 Å². The van der Waals surface area contributed by atoms with Gasteiger partial charge >= 0.3 is 0 Å². The van der Waals surface area contributed by atoms with Gasteiger partial charge in [-0.05, 0) is 24.3 Å². The molecule has 0 atom stereocenters. The Bertz CT molecular complexity index is 629. The third-order valence-electron chi connectivity index (χ3n) is 2.26. The van der Waals surface area contributed by atoms with Gasteiger partial charge in [-0.2, -0.15) is 4.98 Å². The van der Waals surface area contributed by atoms with Crippen LogP contribution >= 0.6 is 0 Å². The van der Waals surface area contributed by atoms with Gasteiger partial charge in [0.05, 0.1) is 6.26 Å². The maximum absolute atomic E-state index is 9.36. The smallest absolute Gasteiger partial charge is 0.293 e. The summed E-state index contributed by atoms with van der Waals surface area (Å²) in [4.78, 5) is 4.18. The van der Waals surface area contributed by atoms with E-state index in [1.54, 1.807) is 36.4 Å². The topological polar surface area (TPSA) is 72.3 Å². The van der Waals surface area contributed by atoms with Crippen LogP contribution in [-0.4, -0.2) is 15.2 Å². The molecule has 17 heavy (non-hydrogen) atoms. The number of aromatic hydroxyl groups is 1. The van der Waals surface area contributed by atoms with Crippen molar-refractivity contribution in [1.82, 2.24) is 10.1 Å². The monoisotopic (exact) mass is 228 g/mol. The van der Waals surface area contributed by atoms with Crippen molar-refractivity contribution in [2.75, 3.05) is 0 Å². The Kier molecular flexibility index (Phi) is 2.15. The van der Waals surface area contributed by atoms with Crippen LogP contribution in [0.1, 0.15) is 0 Å². The molecule has 1 N–H and O–H groups in total. The molecule has 0 bridgehead atoms. The highest BCUT2D eigenvalue weighted by Gasteiger charge is 2.12.